The summed E-state index contributed by atoms with van der Waals surface area (Å²) in [4.78, 5) is 23.8. The lowest BCUT2D eigenvalue weighted by Crippen LogP contribution is -2.28. The van der Waals surface area contributed by atoms with Gasteiger partial charge >= 0.3 is 0 Å². The van der Waals surface area contributed by atoms with E-state index in [4.69, 9.17) is 10.7 Å². The number of hydrogen-bond acceptors (Lipinski definition) is 4. The second kappa shape index (κ2) is 6.75. The first-order chi connectivity index (χ1) is 12.7. The number of aryl methyl sites for hydroxylation is 1. The molecule has 132 valence electrons. The number of likely N-dealkylation sites (tertiary alicyclic amines) is 1. The molecule has 1 fully saturated rings. The van der Waals surface area contributed by atoms with Crippen LogP contribution in [0.1, 0.15) is 35.9 Å². The second-order valence-electron chi connectivity index (χ2n) is 6.66. The average Bonchev–Trinajstić information content (AvgIpc) is 3.21. The van der Waals surface area contributed by atoms with Crippen molar-refractivity contribution in [1.29, 1.82) is 0 Å². The Hall–Kier alpha value is -2.95. The second-order valence-corrected chi connectivity index (χ2v) is 6.66. The van der Waals surface area contributed by atoms with E-state index in [1.165, 1.54) is 0 Å². The minimum Gasteiger partial charge on any atom is -0.384 e. The SMILES string of the molecule is CCc1nc(N)ccc1-c1cccc2ccc(C(=O)N3CCCC3)nc12. The van der Waals surface area contributed by atoms with Crippen LogP contribution in [0.4, 0.5) is 5.82 Å². The topological polar surface area (TPSA) is 72.1 Å². The molecule has 2 N–H and O–H groups in total. The van der Waals surface area contributed by atoms with Crippen LogP contribution < -0.4 is 5.73 Å². The lowest BCUT2D eigenvalue weighted by Gasteiger charge is -2.16. The van der Waals surface area contributed by atoms with Gasteiger partial charge in [-0.25, -0.2) is 9.97 Å². The monoisotopic (exact) mass is 346 g/mol. The van der Waals surface area contributed by atoms with Gasteiger partial charge in [0.05, 0.1) is 11.2 Å². The van der Waals surface area contributed by atoms with Crippen molar-refractivity contribution >= 4 is 22.6 Å². The largest absolute Gasteiger partial charge is 0.384 e. The van der Waals surface area contributed by atoms with Crippen LogP contribution in [0.5, 0.6) is 0 Å². The normalized spacial score (nSPS) is 14.1. The lowest BCUT2D eigenvalue weighted by molar-refractivity contribution is 0.0787. The molecular weight excluding hydrogens is 324 g/mol. The summed E-state index contributed by atoms with van der Waals surface area (Å²) in [5, 5.41) is 1.01. The third-order valence-corrected chi connectivity index (χ3v) is 4.95. The first kappa shape index (κ1) is 16.5. The molecule has 1 aromatic carbocycles. The first-order valence-corrected chi connectivity index (χ1v) is 9.12. The van der Waals surface area contributed by atoms with Crippen LogP contribution in [-0.2, 0) is 6.42 Å². The molecule has 0 unspecified atom stereocenters. The van der Waals surface area contributed by atoms with E-state index in [2.05, 4.69) is 11.9 Å². The van der Waals surface area contributed by atoms with Crippen molar-refractivity contribution in [3.8, 4) is 11.1 Å². The molecule has 5 heteroatoms. The molecule has 1 aliphatic rings. The minimum absolute atomic E-state index is 0.0188. The molecule has 1 saturated heterocycles. The van der Waals surface area contributed by atoms with E-state index >= 15 is 0 Å². The molecule has 0 spiro atoms. The van der Waals surface area contributed by atoms with Crippen molar-refractivity contribution in [1.82, 2.24) is 14.9 Å². The van der Waals surface area contributed by atoms with Gasteiger partial charge in [0.2, 0.25) is 0 Å². The molecule has 2 aromatic heterocycles. The fraction of sp³-hybridized carbons (Fsp3) is 0.286. The first-order valence-electron chi connectivity index (χ1n) is 9.12. The highest BCUT2D eigenvalue weighted by molar-refractivity contribution is 5.99. The molecule has 3 aromatic rings. The number of nitrogens with two attached hydrogens (primary N) is 1. The van der Waals surface area contributed by atoms with Crippen LogP contribution in [0.3, 0.4) is 0 Å². The zero-order valence-corrected chi connectivity index (χ0v) is 14.9. The summed E-state index contributed by atoms with van der Waals surface area (Å²) in [6.45, 7) is 3.70. The zero-order valence-electron chi connectivity index (χ0n) is 14.9. The van der Waals surface area contributed by atoms with Crippen LogP contribution in [-0.4, -0.2) is 33.9 Å². The van der Waals surface area contributed by atoms with Gasteiger partial charge in [0.1, 0.15) is 11.5 Å². The van der Waals surface area contributed by atoms with Crippen molar-refractivity contribution in [2.45, 2.75) is 26.2 Å². The number of carbonyl (C=O) groups is 1. The Balaban J connectivity index is 1.85. The molecule has 3 heterocycles. The molecular formula is C21H22N4O. The molecule has 1 amide bonds. The Morgan fingerprint density at radius 2 is 1.85 bits per heavy atom. The Kier molecular flexibility index (Phi) is 4.29. The summed E-state index contributed by atoms with van der Waals surface area (Å²) in [7, 11) is 0. The van der Waals surface area contributed by atoms with Gasteiger partial charge in [-0.1, -0.05) is 31.2 Å². The number of benzene rings is 1. The van der Waals surface area contributed by atoms with Crippen LogP contribution in [0.15, 0.2) is 42.5 Å². The van der Waals surface area contributed by atoms with Gasteiger partial charge in [0.25, 0.3) is 5.91 Å². The fourth-order valence-corrected chi connectivity index (χ4v) is 3.60. The molecule has 0 radical (unpaired) electrons. The number of para-hydroxylation sites is 1. The quantitative estimate of drug-likeness (QED) is 0.785. The van der Waals surface area contributed by atoms with Gasteiger partial charge in [0.15, 0.2) is 0 Å². The number of nitrogen functional groups attached to an aromatic ring is 1. The maximum absolute atomic E-state index is 12.7. The number of pyridine rings is 2. The molecule has 0 bridgehead atoms. The van der Waals surface area contributed by atoms with Crippen molar-refractivity contribution in [3.05, 3.63) is 53.9 Å². The summed E-state index contributed by atoms with van der Waals surface area (Å²) in [6.07, 6.45) is 2.92. The van der Waals surface area contributed by atoms with E-state index < -0.39 is 0 Å². The van der Waals surface area contributed by atoms with Crippen molar-refractivity contribution < 1.29 is 4.79 Å². The van der Waals surface area contributed by atoms with Gasteiger partial charge in [0, 0.05) is 29.6 Å². The predicted octanol–water partition coefficient (Wildman–Crippen LogP) is 3.68. The summed E-state index contributed by atoms with van der Waals surface area (Å²) < 4.78 is 0. The van der Waals surface area contributed by atoms with Gasteiger partial charge < -0.3 is 10.6 Å². The Bertz CT molecular complexity index is 977. The molecule has 0 saturated carbocycles. The number of nitrogens with zero attached hydrogens (tertiary/aromatic N) is 3. The van der Waals surface area contributed by atoms with E-state index in [1.807, 2.05) is 47.4 Å². The highest BCUT2D eigenvalue weighted by atomic mass is 16.2. The summed E-state index contributed by atoms with van der Waals surface area (Å²) >= 11 is 0. The van der Waals surface area contributed by atoms with Crippen molar-refractivity contribution in [2.24, 2.45) is 0 Å². The van der Waals surface area contributed by atoms with Gasteiger partial charge in [-0.2, -0.15) is 0 Å². The van der Waals surface area contributed by atoms with Crippen molar-refractivity contribution in [2.75, 3.05) is 18.8 Å². The van der Waals surface area contributed by atoms with E-state index in [-0.39, 0.29) is 5.91 Å². The van der Waals surface area contributed by atoms with Crippen molar-refractivity contribution in [3.63, 3.8) is 0 Å². The highest BCUT2D eigenvalue weighted by Crippen LogP contribution is 2.30. The average molecular weight is 346 g/mol. The molecule has 4 rings (SSSR count). The van der Waals surface area contributed by atoms with E-state index in [0.717, 1.165) is 60.1 Å². The third-order valence-electron chi connectivity index (χ3n) is 4.95. The fourth-order valence-electron chi connectivity index (χ4n) is 3.60. The van der Waals surface area contributed by atoms with Crippen LogP contribution in [0.25, 0.3) is 22.0 Å². The van der Waals surface area contributed by atoms with E-state index in [9.17, 15) is 4.79 Å². The number of aromatic nitrogens is 2. The summed E-state index contributed by atoms with van der Waals surface area (Å²) in [5.41, 5.74) is 10.1. The highest BCUT2D eigenvalue weighted by Gasteiger charge is 2.21. The van der Waals surface area contributed by atoms with Gasteiger partial charge in [-0.15, -0.1) is 0 Å². The Morgan fingerprint density at radius 1 is 1.04 bits per heavy atom. The number of fused-ring (bicyclic) bond motifs is 1. The van der Waals surface area contributed by atoms with Crippen LogP contribution in [0, 0.1) is 0 Å². The molecule has 0 atom stereocenters. The Labute approximate surface area is 152 Å². The molecule has 26 heavy (non-hydrogen) atoms. The molecule has 0 aliphatic carbocycles. The maximum atomic E-state index is 12.7. The van der Waals surface area contributed by atoms with E-state index in [0.29, 0.717) is 11.5 Å². The van der Waals surface area contributed by atoms with Crippen LogP contribution in [0.2, 0.25) is 0 Å². The number of carbonyl (C=O) groups excluding carboxylic acids is 1. The standard InChI is InChI=1S/C21H22N4O/c1-2-17-15(9-11-19(22)23-17)16-7-5-6-14-8-10-18(24-20(14)16)21(26)25-12-3-4-13-25/h5-11H,2-4,12-13H2,1H3,(H2,22,23). The number of amides is 1. The maximum Gasteiger partial charge on any atom is 0.272 e. The minimum atomic E-state index is 0.0188. The zero-order chi connectivity index (χ0) is 18.1. The molecule has 5 nitrogen and oxygen atoms in total. The number of hydrogen-bond donors (Lipinski definition) is 1. The lowest BCUT2D eigenvalue weighted by atomic mass is 9.99. The third kappa shape index (κ3) is 2.90. The number of rotatable bonds is 3. The summed E-state index contributed by atoms with van der Waals surface area (Å²) in [5.74, 6) is 0.536. The Morgan fingerprint density at radius 3 is 2.62 bits per heavy atom. The smallest absolute Gasteiger partial charge is 0.272 e. The van der Waals surface area contributed by atoms with E-state index in [1.54, 1.807) is 0 Å². The summed E-state index contributed by atoms with van der Waals surface area (Å²) in [6, 6.07) is 13.7. The predicted molar refractivity (Wildman–Crippen MR) is 104 cm³/mol. The van der Waals surface area contributed by atoms with Gasteiger partial charge in [-0.05, 0) is 37.5 Å². The molecule has 1 aliphatic heterocycles. The van der Waals surface area contributed by atoms with Gasteiger partial charge in [-0.3, -0.25) is 4.79 Å². The number of anilines is 1. The van der Waals surface area contributed by atoms with Crippen LogP contribution >= 0.6 is 0 Å².